The van der Waals surface area contributed by atoms with E-state index in [-0.39, 0.29) is 18.4 Å². The van der Waals surface area contributed by atoms with Gasteiger partial charge in [-0.05, 0) is 24.6 Å². The third-order valence-corrected chi connectivity index (χ3v) is 1.93. The first kappa shape index (κ1) is 13.8. The van der Waals surface area contributed by atoms with Gasteiger partial charge in [0.05, 0.1) is 19.1 Å². The molecule has 3 nitrogen and oxygen atoms in total. The fourth-order valence-corrected chi connectivity index (χ4v) is 1.19. The van der Waals surface area contributed by atoms with Crippen molar-refractivity contribution in [3.63, 3.8) is 0 Å². The molecule has 0 aliphatic carbocycles. The van der Waals surface area contributed by atoms with Gasteiger partial charge in [0.1, 0.15) is 5.75 Å². The van der Waals surface area contributed by atoms with Gasteiger partial charge >= 0.3 is 0 Å². The van der Waals surface area contributed by atoms with Crippen LogP contribution in [0.25, 0.3) is 0 Å². The zero-order valence-electron chi connectivity index (χ0n) is 8.64. The Morgan fingerprint density at radius 3 is 2.47 bits per heavy atom. The summed E-state index contributed by atoms with van der Waals surface area (Å²) in [6.45, 7) is 2.60. The third kappa shape index (κ3) is 4.20. The molecule has 1 aromatic carbocycles. The number of rotatable bonds is 4. The SMILES string of the molecule is CCOc1ccc([C@@H](N)CC#N)cc1.Cl. The Morgan fingerprint density at radius 2 is 2.00 bits per heavy atom. The van der Waals surface area contributed by atoms with Crippen LogP contribution >= 0.6 is 12.4 Å². The summed E-state index contributed by atoms with van der Waals surface area (Å²) in [6.07, 6.45) is 0.341. The maximum atomic E-state index is 8.48. The number of nitrogens with two attached hydrogens (primary N) is 1. The lowest BCUT2D eigenvalue weighted by Crippen LogP contribution is -2.08. The first-order chi connectivity index (χ1) is 6.77. The summed E-state index contributed by atoms with van der Waals surface area (Å²) < 4.78 is 5.29. The van der Waals surface area contributed by atoms with Crippen molar-refractivity contribution in [1.29, 1.82) is 5.26 Å². The van der Waals surface area contributed by atoms with E-state index in [0.29, 0.717) is 13.0 Å². The highest BCUT2D eigenvalue weighted by Crippen LogP contribution is 2.17. The van der Waals surface area contributed by atoms with Crippen LogP contribution in [0.3, 0.4) is 0 Å². The highest BCUT2D eigenvalue weighted by molar-refractivity contribution is 5.85. The molecule has 2 N–H and O–H groups in total. The van der Waals surface area contributed by atoms with E-state index in [9.17, 15) is 0 Å². The lowest BCUT2D eigenvalue weighted by atomic mass is 10.1. The van der Waals surface area contributed by atoms with E-state index in [0.717, 1.165) is 11.3 Å². The number of ether oxygens (including phenoxy) is 1. The maximum absolute atomic E-state index is 8.48. The maximum Gasteiger partial charge on any atom is 0.119 e. The minimum absolute atomic E-state index is 0. The van der Waals surface area contributed by atoms with Gasteiger partial charge in [0.25, 0.3) is 0 Å². The van der Waals surface area contributed by atoms with Crippen LogP contribution in [0.15, 0.2) is 24.3 Å². The summed E-state index contributed by atoms with van der Waals surface area (Å²) in [5.41, 5.74) is 6.73. The lowest BCUT2D eigenvalue weighted by molar-refractivity contribution is 0.340. The molecule has 0 aromatic heterocycles. The summed E-state index contributed by atoms with van der Waals surface area (Å²) in [7, 11) is 0. The topological polar surface area (TPSA) is 59.0 Å². The smallest absolute Gasteiger partial charge is 0.119 e. The number of halogens is 1. The Bertz CT molecular complexity index is 318. The highest BCUT2D eigenvalue weighted by atomic mass is 35.5. The van der Waals surface area contributed by atoms with Crippen LogP contribution in [0.2, 0.25) is 0 Å². The number of benzene rings is 1. The van der Waals surface area contributed by atoms with Gasteiger partial charge in [0, 0.05) is 6.04 Å². The van der Waals surface area contributed by atoms with Crippen LogP contribution in [0.4, 0.5) is 0 Å². The predicted molar refractivity (Wildman–Crippen MR) is 62.0 cm³/mol. The van der Waals surface area contributed by atoms with Gasteiger partial charge in [0.15, 0.2) is 0 Å². The van der Waals surface area contributed by atoms with E-state index in [1.807, 2.05) is 37.3 Å². The number of nitrogens with zero attached hydrogens (tertiary/aromatic N) is 1. The van der Waals surface area contributed by atoms with E-state index < -0.39 is 0 Å². The van der Waals surface area contributed by atoms with Crippen LogP contribution in [0.5, 0.6) is 5.75 Å². The number of nitriles is 1. The molecule has 1 aromatic rings. The first-order valence-electron chi connectivity index (χ1n) is 4.63. The molecule has 0 amide bonds. The van der Waals surface area contributed by atoms with Crippen LogP contribution < -0.4 is 10.5 Å². The summed E-state index contributed by atoms with van der Waals surface area (Å²) in [5.74, 6) is 0.834. The second-order valence-electron chi connectivity index (χ2n) is 2.97. The largest absolute Gasteiger partial charge is 0.494 e. The van der Waals surface area contributed by atoms with Gasteiger partial charge in [-0.25, -0.2) is 0 Å². The highest BCUT2D eigenvalue weighted by Gasteiger charge is 2.04. The fraction of sp³-hybridized carbons (Fsp3) is 0.364. The van der Waals surface area contributed by atoms with Crippen molar-refractivity contribution in [2.24, 2.45) is 5.73 Å². The number of hydrogen-bond donors (Lipinski definition) is 1. The molecule has 0 saturated heterocycles. The van der Waals surface area contributed by atoms with E-state index in [2.05, 4.69) is 0 Å². The average Bonchev–Trinajstić information content (AvgIpc) is 2.20. The zero-order chi connectivity index (χ0) is 10.4. The van der Waals surface area contributed by atoms with Gasteiger partial charge in [0.2, 0.25) is 0 Å². The zero-order valence-corrected chi connectivity index (χ0v) is 9.46. The molecule has 0 aliphatic rings. The second kappa shape index (κ2) is 7.10. The Morgan fingerprint density at radius 1 is 1.40 bits per heavy atom. The van der Waals surface area contributed by atoms with Crippen LogP contribution in [-0.4, -0.2) is 6.61 Å². The quantitative estimate of drug-likeness (QED) is 0.858. The second-order valence-corrected chi connectivity index (χ2v) is 2.97. The molecule has 0 heterocycles. The van der Waals surface area contributed by atoms with E-state index in [1.165, 1.54) is 0 Å². The Kier molecular flexibility index (Phi) is 6.52. The molecule has 1 atom stereocenters. The molecule has 4 heteroatoms. The molecule has 0 fully saturated rings. The van der Waals surface area contributed by atoms with E-state index >= 15 is 0 Å². The normalized spacial score (nSPS) is 11.0. The molecule has 0 unspecified atom stereocenters. The Labute approximate surface area is 96.3 Å². The number of hydrogen-bond acceptors (Lipinski definition) is 3. The van der Waals surface area contributed by atoms with Crippen molar-refractivity contribution < 1.29 is 4.74 Å². The standard InChI is InChI=1S/C11H14N2O.ClH/c1-2-14-10-5-3-9(4-6-10)11(13)7-8-12;/h3-6,11H,2,7,13H2,1H3;1H/t11-;/m0./s1. The molecule has 1 rings (SSSR count). The third-order valence-electron chi connectivity index (χ3n) is 1.93. The predicted octanol–water partition coefficient (Wildman–Crippen LogP) is 2.42. The van der Waals surface area contributed by atoms with Crippen molar-refractivity contribution in [2.45, 2.75) is 19.4 Å². The molecule has 15 heavy (non-hydrogen) atoms. The van der Waals surface area contributed by atoms with Gasteiger partial charge in [-0.3, -0.25) is 0 Å². The average molecular weight is 227 g/mol. The minimum Gasteiger partial charge on any atom is -0.494 e. The summed E-state index contributed by atoms with van der Waals surface area (Å²) in [5, 5.41) is 8.48. The molecular weight excluding hydrogens is 212 g/mol. The summed E-state index contributed by atoms with van der Waals surface area (Å²) in [6, 6.07) is 9.38. The summed E-state index contributed by atoms with van der Waals surface area (Å²) >= 11 is 0. The van der Waals surface area contributed by atoms with Crippen molar-refractivity contribution in [3.8, 4) is 11.8 Å². The molecule has 0 saturated carbocycles. The summed E-state index contributed by atoms with van der Waals surface area (Å²) in [4.78, 5) is 0. The molecular formula is C11H15ClN2O. The van der Waals surface area contributed by atoms with Gasteiger partial charge in [-0.1, -0.05) is 12.1 Å². The minimum atomic E-state index is -0.198. The van der Waals surface area contributed by atoms with Crippen LogP contribution in [0, 0.1) is 11.3 Å². The van der Waals surface area contributed by atoms with Crippen molar-refractivity contribution in [3.05, 3.63) is 29.8 Å². The van der Waals surface area contributed by atoms with E-state index in [4.69, 9.17) is 15.7 Å². The first-order valence-corrected chi connectivity index (χ1v) is 4.63. The molecule has 0 radical (unpaired) electrons. The molecule has 0 spiro atoms. The van der Waals surface area contributed by atoms with Gasteiger partial charge < -0.3 is 10.5 Å². The van der Waals surface area contributed by atoms with Crippen molar-refractivity contribution in [1.82, 2.24) is 0 Å². The van der Waals surface area contributed by atoms with Crippen molar-refractivity contribution >= 4 is 12.4 Å². The van der Waals surface area contributed by atoms with Crippen LogP contribution in [0.1, 0.15) is 24.9 Å². The fourth-order valence-electron chi connectivity index (χ4n) is 1.19. The van der Waals surface area contributed by atoms with Gasteiger partial charge in [-0.15, -0.1) is 12.4 Å². The molecule has 0 bridgehead atoms. The van der Waals surface area contributed by atoms with Crippen molar-refractivity contribution in [2.75, 3.05) is 6.61 Å². The monoisotopic (exact) mass is 226 g/mol. The molecule has 82 valence electrons. The Balaban J connectivity index is 0.00000196. The van der Waals surface area contributed by atoms with Crippen LogP contribution in [-0.2, 0) is 0 Å². The Hall–Kier alpha value is -1.24. The molecule has 0 aliphatic heterocycles. The lowest BCUT2D eigenvalue weighted by Gasteiger charge is -2.08. The van der Waals surface area contributed by atoms with Gasteiger partial charge in [-0.2, -0.15) is 5.26 Å². The van der Waals surface area contributed by atoms with E-state index in [1.54, 1.807) is 0 Å².